The zero-order chi connectivity index (χ0) is 15.2. The van der Waals surface area contributed by atoms with Crippen molar-refractivity contribution >= 4 is 16.5 Å². The van der Waals surface area contributed by atoms with E-state index in [0.29, 0.717) is 5.92 Å². The van der Waals surface area contributed by atoms with Gasteiger partial charge in [-0.2, -0.15) is 0 Å². The minimum Gasteiger partial charge on any atom is -0.383 e. The number of hydrogen-bond donors (Lipinski definition) is 1. The molecule has 0 saturated heterocycles. The van der Waals surface area contributed by atoms with Gasteiger partial charge in [-0.15, -0.1) is 11.3 Å². The lowest BCUT2D eigenvalue weighted by Crippen LogP contribution is -2.30. The third-order valence-electron chi connectivity index (χ3n) is 3.65. The van der Waals surface area contributed by atoms with E-state index in [9.17, 15) is 0 Å². The van der Waals surface area contributed by atoms with Crippen molar-refractivity contribution in [1.82, 2.24) is 10.3 Å². The predicted octanol–water partition coefficient (Wildman–Crippen LogP) is 3.07. The van der Waals surface area contributed by atoms with Gasteiger partial charge in [0, 0.05) is 37.7 Å². The Morgan fingerprint density at radius 2 is 2.19 bits per heavy atom. The van der Waals surface area contributed by atoms with Gasteiger partial charge in [0.05, 0.1) is 12.3 Å². The summed E-state index contributed by atoms with van der Waals surface area (Å²) in [7, 11) is 1.76. The molecule has 0 aliphatic heterocycles. The van der Waals surface area contributed by atoms with Crippen molar-refractivity contribution in [3.05, 3.63) is 10.6 Å². The van der Waals surface area contributed by atoms with Crippen molar-refractivity contribution in [3.63, 3.8) is 0 Å². The van der Waals surface area contributed by atoms with Crippen molar-refractivity contribution in [3.8, 4) is 0 Å². The van der Waals surface area contributed by atoms with Gasteiger partial charge in [0.1, 0.15) is 0 Å². The quantitative estimate of drug-likeness (QED) is 0.720. The fourth-order valence-corrected chi connectivity index (χ4v) is 3.49. The van der Waals surface area contributed by atoms with Crippen molar-refractivity contribution in [2.45, 2.75) is 52.6 Å². The average molecular weight is 311 g/mol. The molecule has 1 saturated carbocycles. The normalized spacial score (nSPS) is 14.9. The van der Waals surface area contributed by atoms with E-state index in [1.807, 2.05) is 11.3 Å². The molecule has 1 N–H and O–H groups in total. The molecular weight excluding hydrogens is 282 g/mol. The van der Waals surface area contributed by atoms with Crippen LogP contribution in [-0.2, 0) is 17.7 Å². The molecule has 0 amide bonds. The van der Waals surface area contributed by atoms with Gasteiger partial charge in [-0.05, 0) is 25.2 Å². The Balaban J connectivity index is 2.06. The highest BCUT2D eigenvalue weighted by atomic mass is 32.1. The summed E-state index contributed by atoms with van der Waals surface area (Å²) in [5.41, 5.74) is 1.26. The lowest BCUT2D eigenvalue weighted by molar-refractivity contribution is 0.204. The first-order valence-electron chi connectivity index (χ1n) is 8.09. The number of aromatic nitrogens is 1. The molecule has 1 aromatic heterocycles. The van der Waals surface area contributed by atoms with Crippen molar-refractivity contribution in [2.75, 3.05) is 31.7 Å². The zero-order valence-corrected chi connectivity index (χ0v) is 14.6. The summed E-state index contributed by atoms with van der Waals surface area (Å²) < 4.78 is 5.25. The molecule has 0 bridgehead atoms. The lowest BCUT2D eigenvalue weighted by Gasteiger charge is -2.23. The number of ether oxygens (including phenoxy) is 1. The third kappa shape index (κ3) is 5.24. The molecule has 0 aromatic carbocycles. The molecule has 0 radical (unpaired) electrons. The van der Waals surface area contributed by atoms with E-state index < -0.39 is 0 Å². The molecule has 2 rings (SSSR count). The summed E-state index contributed by atoms with van der Waals surface area (Å²) >= 11 is 1.85. The number of aryl methyl sites for hydroxylation is 1. The maximum Gasteiger partial charge on any atom is 0.185 e. The van der Waals surface area contributed by atoms with E-state index in [4.69, 9.17) is 9.72 Å². The van der Waals surface area contributed by atoms with Gasteiger partial charge in [0.15, 0.2) is 5.13 Å². The van der Waals surface area contributed by atoms with Crippen molar-refractivity contribution in [1.29, 1.82) is 0 Å². The average Bonchev–Trinajstić information content (AvgIpc) is 3.19. The van der Waals surface area contributed by atoms with Crippen LogP contribution in [0.3, 0.4) is 0 Å². The maximum absolute atomic E-state index is 5.25. The summed E-state index contributed by atoms with van der Waals surface area (Å²) in [4.78, 5) is 8.66. The van der Waals surface area contributed by atoms with E-state index in [1.54, 1.807) is 7.11 Å². The summed E-state index contributed by atoms with van der Waals surface area (Å²) in [6.45, 7) is 10.4. The fraction of sp³-hybridized carbons (Fsp3) is 0.812. The molecular formula is C16H29N3OS. The van der Waals surface area contributed by atoms with Crippen molar-refractivity contribution < 1.29 is 4.74 Å². The summed E-state index contributed by atoms with van der Waals surface area (Å²) in [6, 6.07) is 0.750. The van der Waals surface area contributed by atoms with Gasteiger partial charge in [-0.1, -0.05) is 20.8 Å². The highest BCUT2D eigenvalue weighted by molar-refractivity contribution is 7.15. The molecule has 0 atom stereocenters. The number of anilines is 1. The van der Waals surface area contributed by atoms with E-state index in [2.05, 4.69) is 31.0 Å². The van der Waals surface area contributed by atoms with Crippen LogP contribution < -0.4 is 10.2 Å². The van der Waals surface area contributed by atoms with E-state index in [1.165, 1.54) is 23.4 Å². The number of rotatable bonds is 10. The Morgan fingerprint density at radius 3 is 2.76 bits per heavy atom. The number of thiazole rings is 1. The molecule has 0 unspecified atom stereocenters. The lowest BCUT2D eigenvalue weighted by atomic mass is 10.2. The van der Waals surface area contributed by atoms with E-state index in [-0.39, 0.29) is 0 Å². The van der Waals surface area contributed by atoms with Gasteiger partial charge in [0.25, 0.3) is 0 Å². The number of methoxy groups -OCH3 is 1. The topological polar surface area (TPSA) is 37.4 Å². The Hall–Kier alpha value is -0.650. The second-order valence-electron chi connectivity index (χ2n) is 6.21. The highest BCUT2D eigenvalue weighted by Crippen LogP contribution is 2.28. The summed E-state index contributed by atoms with van der Waals surface area (Å²) in [5.74, 6) is 0.629. The predicted molar refractivity (Wildman–Crippen MR) is 90.3 cm³/mol. The smallest absolute Gasteiger partial charge is 0.185 e. The third-order valence-corrected chi connectivity index (χ3v) is 4.81. The second-order valence-corrected chi connectivity index (χ2v) is 7.27. The molecule has 1 heterocycles. The highest BCUT2D eigenvalue weighted by Gasteiger charge is 2.22. The first-order chi connectivity index (χ1) is 10.1. The van der Waals surface area contributed by atoms with Crippen LogP contribution in [-0.4, -0.2) is 37.8 Å². The van der Waals surface area contributed by atoms with Gasteiger partial charge in [0.2, 0.25) is 0 Å². The monoisotopic (exact) mass is 311 g/mol. The van der Waals surface area contributed by atoms with Crippen LogP contribution in [0.15, 0.2) is 0 Å². The fourth-order valence-electron chi connectivity index (χ4n) is 2.35. The minimum absolute atomic E-state index is 0.629. The Labute approximate surface area is 132 Å². The Morgan fingerprint density at radius 1 is 1.43 bits per heavy atom. The summed E-state index contributed by atoms with van der Waals surface area (Å²) in [6.07, 6.45) is 3.68. The standard InChI is InChI=1S/C16H29N3OS/c1-5-14-15(10-17-13-6-7-13)21-16(18-14)19(8-9-20-4)11-12(2)3/h12-13,17H,5-11H2,1-4H3. The molecule has 0 spiro atoms. The Kier molecular flexibility index (Phi) is 6.45. The summed E-state index contributed by atoms with van der Waals surface area (Å²) in [5, 5.41) is 4.77. The Bertz CT molecular complexity index is 429. The van der Waals surface area contributed by atoms with Crippen LogP contribution in [0.5, 0.6) is 0 Å². The molecule has 1 aliphatic rings. The molecule has 5 heteroatoms. The maximum atomic E-state index is 5.25. The molecule has 120 valence electrons. The van der Waals surface area contributed by atoms with Crippen LogP contribution in [0.2, 0.25) is 0 Å². The molecule has 1 fully saturated rings. The number of nitrogens with zero attached hydrogens (tertiary/aromatic N) is 2. The number of hydrogen-bond acceptors (Lipinski definition) is 5. The largest absolute Gasteiger partial charge is 0.383 e. The van der Waals surface area contributed by atoms with Crippen molar-refractivity contribution in [2.24, 2.45) is 5.92 Å². The van der Waals surface area contributed by atoms with Crippen LogP contribution in [0.25, 0.3) is 0 Å². The first-order valence-corrected chi connectivity index (χ1v) is 8.91. The van der Waals surface area contributed by atoms with Gasteiger partial charge in [-0.25, -0.2) is 4.98 Å². The van der Waals surface area contributed by atoms with Gasteiger partial charge >= 0.3 is 0 Å². The van der Waals surface area contributed by atoms with Crippen LogP contribution >= 0.6 is 11.3 Å². The van der Waals surface area contributed by atoms with Crippen LogP contribution in [0, 0.1) is 5.92 Å². The van der Waals surface area contributed by atoms with Gasteiger partial charge < -0.3 is 15.0 Å². The molecule has 1 aliphatic carbocycles. The van der Waals surface area contributed by atoms with E-state index in [0.717, 1.165) is 43.8 Å². The molecule has 21 heavy (non-hydrogen) atoms. The molecule has 1 aromatic rings. The van der Waals surface area contributed by atoms with Gasteiger partial charge in [-0.3, -0.25) is 0 Å². The van der Waals surface area contributed by atoms with Crippen LogP contribution in [0.4, 0.5) is 5.13 Å². The zero-order valence-electron chi connectivity index (χ0n) is 13.8. The number of nitrogens with one attached hydrogen (secondary N) is 1. The van der Waals surface area contributed by atoms with Crippen LogP contribution in [0.1, 0.15) is 44.2 Å². The SMILES string of the molecule is CCc1nc(N(CCOC)CC(C)C)sc1CNC1CC1. The minimum atomic E-state index is 0.629. The first kappa shape index (κ1) is 16.7. The second kappa shape index (κ2) is 8.11. The molecule has 4 nitrogen and oxygen atoms in total. The van der Waals surface area contributed by atoms with E-state index >= 15 is 0 Å².